The van der Waals surface area contributed by atoms with Crippen LogP contribution in [-0.2, 0) is 0 Å². The number of anilines is 1. The first-order valence-electron chi connectivity index (χ1n) is 6.60. The molecule has 2 aromatic carbocycles. The number of halogens is 1. The van der Waals surface area contributed by atoms with Gasteiger partial charge in [-0.25, -0.2) is 0 Å². The van der Waals surface area contributed by atoms with E-state index in [9.17, 15) is 4.79 Å². The Kier molecular flexibility index (Phi) is 3.71. The molecule has 3 rings (SSSR count). The van der Waals surface area contributed by atoms with Crippen molar-refractivity contribution >= 4 is 23.2 Å². The van der Waals surface area contributed by atoms with E-state index in [1.54, 1.807) is 30.3 Å². The number of carbonyl (C=O) groups is 1. The quantitative estimate of drug-likeness (QED) is 0.921. The number of benzene rings is 2. The third kappa shape index (κ3) is 2.95. The van der Waals surface area contributed by atoms with Crippen molar-refractivity contribution in [2.75, 3.05) is 18.5 Å². The second kappa shape index (κ2) is 5.66. The van der Waals surface area contributed by atoms with Crippen LogP contribution in [0.2, 0.25) is 5.02 Å². The predicted molar refractivity (Wildman–Crippen MR) is 81.6 cm³/mol. The Morgan fingerprint density at radius 2 is 1.86 bits per heavy atom. The van der Waals surface area contributed by atoms with E-state index >= 15 is 0 Å². The predicted octanol–water partition coefficient (Wildman–Crippen LogP) is 3.67. The van der Waals surface area contributed by atoms with Gasteiger partial charge in [-0.15, -0.1) is 0 Å². The monoisotopic (exact) mass is 303 g/mol. The minimum Gasteiger partial charge on any atom is -0.486 e. The van der Waals surface area contributed by atoms with Gasteiger partial charge in [0.2, 0.25) is 0 Å². The number of ether oxygens (including phenoxy) is 2. The van der Waals surface area contributed by atoms with Crippen LogP contribution in [0, 0.1) is 6.92 Å². The van der Waals surface area contributed by atoms with E-state index in [0.717, 1.165) is 11.3 Å². The molecule has 0 spiro atoms. The lowest BCUT2D eigenvalue weighted by molar-refractivity contribution is 0.102. The van der Waals surface area contributed by atoms with Crippen molar-refractivity contribution in [1.82, 2.24) is 0 Å². The summed E-state index contributed by atoms with van der Waals surface area (Å²) in [7, 11) is 0. The number of amides is 1. The Bertz CT molecular complexity index is 683. The van der Waals surface area contributed by atoms with Crippen LogP contribution in [0.3, 0.4) is 0 Å². The fourth-order valence-electron chi connectivity index (χ4n) is 2.21. The number of aryl methyl sites for hydroxylation is 1. The maximum atomic E-state index is 12.2. The largest absolute Gasteiger partial charge is 0.486 e. The third-order valence-electron chi connectivity index (χ3n) is 3.19. The molecule has 0 bridgehead atoms. The highest BCUT2D eigenvalue weighted by Gasteiger charge is 2.16. The molecule has 1 heterocycles. The van der Waals surface area contributed by atoms with Crippen LogP contribution in [-0.4, -0.2) is 19.1 Å². The van der Waals surface area contributed by atoms with Crippen LogP contribution >= 0.6 is 11.6 Å². The molecular weight excluding hydrogens is 290 g/mol. The zero-order valence-corrected chi connectivity index (χ0v) is 12.2. The lowest BCUT2D eigenvalue weighted by Gasteiger charge is -2.21. The molecule has 21 heavy (non-hydrogen) atoms. The fraction of sp³-hybridized carbons (Fsp3) is 0.188. The van der Waals surface area contributed by atoms with Crippen LogP contribution in [0.5, 0.6) is 11.5 Å². The summed E-state index contributed by atoms with van der Waals surface area (Å²) in [6, 6.07) is 10.4. The molecule has 2 aromatic rings. The lowest BCUT2D eigenvalue weighted by atomic mass is 10.1. The first-order chi connectivity index (χ1) is 10.1. The van der Waals surface area contributed by atoms with E-state index in [0.29, 0.717) is 35.2 Å². The molecule has 1 aliphatic rings. The van der Waals surface area contributed by atoms with Crippen LogP contribution in [0.25, 0.3) is 0 Å². The van der Waals surface area contributed by atoms with Gasteiger partial charge in [-0.1, -0.05) is 11.6 Å². The third-order valence-corrected chi connectivity index (χ3v) is 3.44. The molecule has 0 unspecified atom stereocenters. The van der Waals surface area contributed by atoms with E-state index in [1.165, 1.54) is 0 Å². The molecular formula is C16H14ClNO3. The van der Waals surface area contributed by atoms with Crippen molar-refractivity contribution in [3.05, 3.63) is 52.5 Å². The van der Waals surface area contributed by atoms with Gasteiger partial charge in [-0.3, -0.25) is 4.79 Å². The van der Waals surface area contributed by atoms with Gasteiger partial charge in [0.25, 0.3) is 5.91 Å². The minimum atomic E-state index is -0.192. The van der Waals surface area contributed by atoms with Crippen molar-refractivity contribution < 1.29 is 14.3 Å². The summed E-state index contributed by atoms with van der Waals surface area (Å²) >= 11 is 5.81. The Labute approximate surface area is 127 Å². The number of hydrogen-bond acceptors (Lipinski definition) is 3. The summed E-state index contributed by atoms with van der Waals surface area (Å²) < 4.78 is 11.1. The van der Waals surface area contributed by atoms with Crippen LogP contribution in [0.1, 0.15) is 15.9 Å². The number of rotatable bonds is 2. The van der Waals surface area contributed by atoms with Gasteiger partial charge in [-0.2, -0.15) is 0 Å². The normalized spacial score (nSPS) is 12.9. The zero-order valence-electron chi connectivity index (χ0n) is 11.5. The number of nitrogens with one attached hydrogen (secondary N) is 1. The standard InChI is InChI=1S/C16H14ClNO3/c1-10-8-13(9-14-15(10)21-7-6-20-14)18-16(19)11-2-4-12(17)5-3-11/h2-5,8-9H,6-7H2,1H3,(H,18,19). The van der Waals surface area contributed by atoms with Crippen molar-refractivity contribution in [2.45, 2.75) is 6.92 Å². The van der Waals surface area contributed by atoms with E-state index in [2.05, 4.69) is 5.32 Å². The summed E-state index contributed by atoms with van der Waals surface area (Å²) in [6.07, 6.45) is 0. The van der Waals surface area contributed by atoms with E-state index in [1.807, 2.05) is 13.0 Å². The van der Waals surface area contributed by atoms with E-state index < -0.39 is 0 Å². The van der Waals surface area contributed by atoms with Crippen LogP contribution in [0.4, 0.5) is 5.69 Å². The average Bonchev–Trinajstić information content (AvgIpc) is 2.48. The Morgan fingerprint density at radius 3 is 2.62 bits per heavy atom. The van der Waals surface area contributed by atoms with Crippen LogP contribution < -0.4 is 14.8 Å². The second-order valence-electron chi connectivity index (χ2n) is 4.78. The molecule has 1 aliphatic heterocycles. The molecule has 0 atom stereocenters. The molecule has 0 aliphatic carbocycles. The highest BCUT2D eigenvalue weighted by Crippen LogP contribution is 2.36. The SMILES string of the molecule is Cc1cc(NC(=O)c2ccc(Cl)cc2)cc2c1OCCO2. The molecule has 0 saturated heterocycles. The Morgan fingerprint density at radius 1 is 1.14 bits per heavy atom. The smallest absolute Gasteiger partial charge is 0.255 e. The van der Waals surface area contributed by atoms with Gasteiger partial charge in [-0.05, 0) is 42.8 Å². The lowest BCUT2D eigenvalue weighted by Crippen LogP contribution is -2.17. The molecule has 0 saturated carbocycles. The second-order valence-corrected chi connectivity index (χ2v) is 5.21. The molecule has 4 nitrogen and oxygen atoms in total. The topological polar surface area (TPSA) is 47.6 Å². The summed E-state index contributed by atoms with van der Waals surface area (Å²) in [6.45, 7) is 2.98. The molecule has 108 valence electrons. The van der Waals surface area contributed by atoms with Gasteiger partial charge in [0.05, 0.1) is 0 Å². The summed E-state index contributed by atoms with van der Waals surface area (Å²) in [5, 5.41) is 3.45. The van der Waals surface area contributed by atoms with Crippen molar-refractivity contribution in [1.29, 1.82) is 0 Å². The first kappa shape index (κ1) is 13.8. The molecule has 0 radical (unpaired) electrons. The molecule has 5 heteroatoms. The van der Waals surface area contributed by atoms with Gasteiger partial charge in [0, 0.05) is 22.3 Å². The molecule has 0 aromatic heterocycles. The number of hydrogen-bond donors (Lipinski definition) is 1. The average molecular weight is 304 g/mol. The fourth-order valence-corrected chi connectivity index (χ4v) is 2.33. The van der Waals surface area contributed by atoms with Crippen molar-refractivity contribution in [3.8, 4) is 11.5 Å². The number of fused-ring (bicyclic) bond motifs is 1. The summed E-state index contributed by atoms with van der Waals surface area (Å²) in [4.78, 5) is 12.2. The maximum absolute atomic E-state index is 12.2. The Balaban J connectivity index is 1.83. The maximum Gasteiger partial charge on any atom is 0.255 e. The summed E-state index contributed by atoms with van der Waals surface area (Å²) in [5.74, 6) is 1.21. The molecule has 1 N–H and O–H groups in total. The van der Waals surface area contributed by atoms with Crippen molar-refractivity contribution in [3.63, 3.8) is 0 Å². The van der Waals surface area contributed by atoms with E-state index in [4.69, 9.17) is 21.1 Å². The molecule has 0 fully saturated rings. The van der Waals surface area contributed by atoms with Crippen molar-refractivity contribution in [2.24, 2.45) is 0 Å². The first-order valence-corrected chi connectivity index (χ1v) is 6.98. The Hall–Kier alpha value is -2.20. The zero-order chi connectivity index (χ0) is 14.8. The highest BCUT2D eigenvalue weighted by molar-refractivity contribution is 6.30. The van der Waals surface area contributed by atoms with Gasteiger partial charge >= 0.3 is 0 Å². The van der Waals surface area contributed by atoms with Gasteiger partial charge in [0.1, 0.15) is 13.2 Å². The molecule has 1 amide bonds. The van der Waals surface area contributed by atoms with Crippen LogP contribution in [0.15, 0.2) is 36.4 Å². The highest BCUT2D eigenvalue weighted by atomic mass is 35.5. The summed E-state index contributed by atoms with van der Waals surface area (Å²) in [5.41, 5.74) is 2.15. The van der Waals surface area contributed by atoms with Gasteiger partial charge < -0.3 is 14.8 Å². The minimum absolute atomic E-state index is 0.192. The van der Waals surface area contributed by atoms with Gasteiger partial charge in [0.15, 0.2) is 11.5 Å². The number of carbonyl (C=O) groups excluding carboxylic acids is 1. The van der Waals surface area contributed by atoms with E-state index in [-0.39, 0.29) is 5.91 Å².